The van der Waals surface area contributed by atoms with Gasteiger partial charge < -0.3 is 20.6 Å². The Labute approximate surface area is 438 Å². The fourth-order valence-corrected chi connectivity index (χ4v) is 10.1. The molecule has 0 heterocycles. The highest BCUT2D eigenvalue weighted by molar-refractivity contribution is 5.76. The molecule has 1 amide bonds. The summed E-state index contributed by atoms with van der Waals surface area (Å²) in [6.45, 7) is 4.25. The molecule has 0 aromatic heterocycles. The van der Waals surface area contributed by atoms with Crippen LogP contribution < -0.4 is 5.32 Å². The van der Waals surface area contributed by atoms with Gasteiger partial charge in [-0.15, -0.1) is 0 Å². The van der Waals surface area contributed by atoms with E-state index in [1.165, 1.54) is 289 Å². The minimum Gasteiger partial charge on any atom is -0.394 e. The Bertz CT molecular complexity index is 1090. The predicted octanol–water partition coefficient (Wildman–Crippen LogP) is 20.2. The highest BCUT2D eigenvalue weighted by atomic mass is 16.3. The van der Waals surface area contributed by atoms with E-state index in [9.17, 15) is 20.1 Å². The highest BCUT2D eigenvalue weighted by Crippen LogP contribution is 2.18. The zero-order valence-electron chi connectivity index (χ0n) is 47.4. The number of unbranched alkanes of at least 4 members (excludes halogenated alkanes) is 46. The van der Waals surface area contributed by atoms with Crippen LogP contribution in [0, 0.1) is 0 Å². The Hall–Kier alpha value is -1.43. The van der Waals surface area contributed by atoms with Gasteiger partial charge in [0.25, 0.3) is 0 Å². The molecule has 0 spiro atoms. The summed E-state index contributed by atoms with van der Waals surface area (Å²) < 4.78 is 0. The largest absolute Gasteiger partial charge is 0.394 e. The standard InChI is InChI=1S/C65H125NO4/c1-3-5-7-9-11-13-15-17-19-21-23-25-26-27-28-29-30-31-32-33-34-35-36-37-38-39-40-42-44-46-48-50-52-54-56-58-62(68)60-65(70)66-63(61-67)64(69)59-57-55-53-51-49-47-45-43-41-24-22-20-18-16-14-12-10-8-6-4-2/h28-29,31-32,57,59,62-64,67-69H,3-27,30,33-56,58,60-61H2,1-2H3,(H,66,70)/b29-28-,32-31-,59-57+. The van der Waals surface area contributed by atoms with E-state index in [1.807, 2.05) is 6.08 Å². The second kappa shape index (κ2) is 60.1. The maximum atomic E-state index is 12.5. The van der Waals surface area contributed by atoms with Crippen LogP contribution in [0.4, 0.5) is 0 Å². The number of carbonyl (C=O) groups excluding carboxylic acids is 1. The van der Waals surface area contributed by atoms with E-state index in [-0.39, 0.29) is 18.9 Å². The molecule has 0 aliphatic heterocycles. The van der Waals surface area contributed by atoms with E-state index in [0.29, 0.717) is 6.42 Å². The molecule has 0 aromatic carbocycles. The summed E-state index contributed by atoms with van der Waals surface area (Å²) in [6.07, 6.45) is 79.4. The average molecular weight is 985 g/mol. The van der Waals surface area contributed by atoms with E-state index in [4.69, 9.17) is 0 Å². The van der Waals surface area contributed by atoms with E-state index >= 15 is 0 Å². The first-order valence-corrected chi connectivity index (χ1v) is 31.8. The molecule has 70 heavy (non-hydrogen) atoms. The van der Waals surface area contributed by atoms with Crippen molar-refractivity contribution in [3.05, 3.63) is 36.5 Å². The Morgan fingerprint density at radius 1 is 0.371 bits per heavy atom. The summed E-state index contributed by atoms with van der Waals surface area (Å²) >= 11 is 0. The Morgan fingerprint density at radius 2 is 0.643 bits per heavy atom. The smallest absolute Gasteiger partial charge is 0.222 e. The molecule has 0 bridgehead atoms. The van der Waals surface area contributed by atoms with Crippen molar-refractivity contribution >= 4 is 5.91 Å². The molecule has 5 nitrogen and oxygen atoms in total. The van der Waals surface area contributed by atoms with Crippen LogP contribution >= 0.6 is 0 Å². The van der Waals surface area contributed by atoms with Crippen molar-refractivity contribution in [1.82, 2.24) is 5.32 Å². The molecule has 0 saturated heterocycles. The number of hydrogen-bond acceptors (Lipinski definition) is 4. The van der Waals surface area contributed by atoms with Crippen molar-refractivity contribution < 1.29 is 20.1 Å². The number of amides is 1. The maximum absolute atomic E-state index is 12.5. The van der Waals surface area contributed by atoms with Crippen LogP contribution in [0.3, 0.4) is 0 Å². The SMILES string of the molecule is CCCCCCCCCCCCCCC/C=C\C/C=C\CCCCCCCCCCCCCCCCCC(O)CC(=O)NC(CO)C(O)/C=C/CCCCCCCCCCCCCCCCCCCC. The van der Waals surface area contributed by atoms with Gasteiger partial charge in [0.2, 0.25) is 5.91 Å². The van der Waals surface area contributed by atoms with Crippen molar-refractivity contribution in [1.29, 1.82) is 0 Å². The lowest BCUT2D eigenvalue weighted by atomic mass is 10.0. The number of rotatable bonds is 59. The van der Waals surface area contributed by atoms with Crippen LogP contribution in [-0.2, 0) is 4.79 Å². The summed E-state index contributed by atoms with van der Waals surface area (Å²) in [5, 5.41) is 33.5. The van der Waals surface area contributed by atoms with Crippen LogP contribution in [0.15, 0.2) is 36.5 Å². The second-order valence-electron chi connectivity index (χ2n) is 22.0. The highest BCUT2D eigenvalue weighted by Gasteiger charge is 2.20. The fraction of sp³-hybridized carbons (Fsp3) is 0.892. The molecule has 0 aliphatic rings. The summed E-state index contributed by atoms with van der Waals surface area (Å²) in [5.74, 6) is -0.310. The molecule has 0 aliphatic carbocycles. The number of aliphatic hydroxyl groups is 3. The lowest BCUT2D eigenvalue weighted by Gasteiger charge is -2.21. The predicted molar refractivity (Wildman–Crippen MR) is 310 cm³/mol. The van der Waals surface area contributed by atoms with Crippen LogP contribution in [0.25, 0.3) is 0 Å². The summed E-state index contributed by atoms with van der Waals surface area (Å²) in [6, 6.07) is -0.745. The van der Waals surface area contributed by atoms with Gasteiger partial charge in [0.1, 0.15) is 0 Å². The van der Waals surface area contributed by atoms with Gasteiger partial charge in [0.05, 0.1) is 31.3 Å². The monoisotopic (exact) mass is 984 g/mol. The first-order valence-electron chi connectivity index (χ1n) is 31.8. The third kappa shape index (κ3) is 55.9. The molecule has 0 saturated carbocycles. The van der Waals surface area contributed by atoms with Crippen molar-refractivity contribution in [3.63, 3.8) is 0 Å². The van der Waals surface area contributed by atoms with Gasteiger partial charge >= 0.3 is 0 Å². The molecule has 3 atom stereocenters. The number of carbonyl (C=O) groups is 1. The minimum atomic E-state index is -0.929. The van der Waals surface area contributed by atoms with Crippen molar-refractivity contribution in [2.75, 3.05) is 6.61 Å². The summed E-state index contributed by atoms with van der Waals surface area (Å²) in [4.78, 5) is 12.5. The third-order valence-electron chi connectivity index (χ3n) is 14.9. The first-order chi connectivity index (χ1) is 34.5. The summed E-state index contributed by atoms with van der Waals surface area (Å²) in [5.41, 5.74) is 0. The lowest BCUT2D eigenvalue weighted by Crippen LogP contribution is -2.45. The second-order valence-corrected chi connectivity index (χ2v) is 22.0. The van der Waals surface area contributed by atoms with E-state index in [2.05, 4.69) is 43.5 Å². The van der Waals surface area contributed by atoms with Crippen LogP contribution in [0.5, 0.6) is 0 Å². The van der Waals surface area contributed by atoms with Gasteiger partial charge in [-0.1, -0.05) is 326 Å². The summed E-state index contributed by atoms with van der Waals surface area (Å²) in [7, 11) is 0. The molecule has 4 N–H and O–H groups in total. The molecule has 3 unspecified atom stereocenters. The molecular formula is C65H125NO4. The average Bonchev–Trinajstić information content (AvgIpc) is 3.36. The number of hydrogen-bond donors (Lipinski definition) is 4. The number of nitrogens with one attached hydrogen (secondary N) is 1. The molecular weight excluding hydrogens is 859 g/mol. The van der Waals surface area contributed by atoms with Gasteiger partial charge in [-0.25, -0.2) is 0 Å². The molecule has 0 radical (unpaired) electrons. The Kier molecular flexibility index (Phi) is 58.9. The quantitative estimate of drug-likeness (QED) is 0.0361. The normalized spacial score (nSPS) is 13.4. The van der Waals surface area contributed by atoms with Gasteiger partial charge in [-0.3, -0.25) is 4.79 Å². The fourth-order valence-electron chi connectivity index (χ4n) is 10.1. The van der Waals surface area contributed by atoms with Crippen LogP contribution in [-0.4, -0.2) is 46.1 Å². The zero-order chi connectivity index (χ0) is 50.7. The molecule has 5 heteroatoms. The van der Waals surface area contributed by atoms with Crippen molar-refractivity contribution in [3.8, 4) is 0 Å². The van der Waals surface area contributed by atoms with Crippen molar-refractivity contribution in [2.24, 2.45) is 0 Å². The van der Waals surface area contributed by atoms with E-state index in [1.54, 1.807) is 6.08 Å². The van der Waals surface area contributed by atoms with Gasteiger partial charge in [0.15, 0.2) is 0 Å². The molecule has 0 aromatic rings. The molecule has 414 valence electrons. The van der Waals surface area contributed by atoms with E-state index in [0.717, 1.165) is 32.1 Å². The number of allylic oxidation sites excluding steroid dienone is 5. The van der Waals surface area contributed by atoms with E-state index < -0.39 is 18.2 Å². The third-order valence-corrected chi connectivity index (χ3v) is 14.9. The zero-order valence-corrected chi connectivity index (χ0v) is 47.4. The van der Waals surface area contributed by atoms with Crippen LogP contribution in [0.1, 0.15) is 348 Å². The topological polar surface area (TPSA) is 89.8 Å². The Balaban J connectivity index is 3.51. The van der Waals surface area contributed by atoms with Crippen LogP contribution in [0.2, 0.25) is 0 Å². The molecule has 0 rings (SSSR count). The van der Waals surface area contributed by atoms with Gasteiger partial charge in [-0.2, -0.15) is 0 Å². The first kappa shape index (κ1) is 68.6. The Morgan fingerprint density at radius 3 is 0.943 bits per heavy atom. The minimum absolute atomic E-state index is 0.0156. The lowest BCUT2D eigenvalue weighted by molar-refractivity contribution is -0.124. The van der Waals surface area contributed by atoms with Gasteiger partial charge in [0, 0.05) is 0 Å². The number of aliphatic hydroxyl groups excluding tert-OH is 3. The van der Waals surface area contributed by atoms with Gasteiger partial charge in [-0.05, 0) is 51.4 Å². The molecule has 0 fully saturated rings. The maximum Gasteiger partial charge on any atom is 0.222 e. The van der Waals surface area contributed by atoms with Crippen molar-refractivity contribution in [2.45, 2.75) is 366 Å².